The van der Waals surface area contributed by atoms with Crippen molar-refractivity contribution in [2.75, 3.05) is 5.32 Å². The first kappa shape index (κ1) is 18.9. The van der Waals surface area contributed by atoms with Gasteiger partial charge < -0.3 is 10.3 Å². The van der Waals surface area contributed by atoms with Crippen LogP contribution in [0, 0.1) is 5.92 Å². The summed E-state index contributed by atoms with van der Waals surface area (Å²) in [5, 5.41) is 8.12. The minimum atomic E-state index is -0.235. The van der Waals surface area contributed by atoms with Gasteiger partial charge >= 0.3 is 0 Å². The topological polar surface area (TPSA) is 101 Å². The van der Waals surface area contributed by atoms with Gasteiger partial charge in [0.15, 0.2) is 0 Å². The van der Waals surface area contributed by atoms with Crippen molar-refractivity contribution in [3.63, 3.8) is 0 Å². The maximum Gasteiger partial charge on any atom is 0.259 e. The summed E-state index contributed by atoms with van der Waals surface area (Å²) in [5.41, 5.74) is 4.58. The van der Waals surface area contributed by atoms with Crippen LogP contribution < -0.4 is 5.32 Å². The van der Waals surface area contributed by atoms with E-state index in [0.29, 0.717) is 22.7 Å². The van der Waals surface area contributed by atoms with E-state index in [-0.39, 0.29) is 5.91 Å². The van der Waals surface area contributed by atoms with Crippen LogP contribution in [0.4, 0.5) is 5.69 Å². The second-order valence-corrected chi connectivity index (χ2v) is 7.85. The molecular weight excluding hydrogens is 390 g/mol. The Morgan fingerprint density at radius 3 is 2.94 bits per heavy atom. The molecule has 0 aliphatic heterocycles. The molecule has 5 aromatic rings. The van der Waals surface area contributed by atoms with Crippen molar-refractivity contribution < 1.29 is 4.79 Å². The summed E-state index contributed by atoms with van der Waals surface area (Å²) in [7, 11) is 0. The Balaban J connectivity index is 1.51. The van der Waals surface area contributed by atoms with Gasteiger partial charge in [0.2, 0.25) is 0 Å². The van der Waals surface area contributed by atoms with Gasteiger partial charge in [0.25, 0.3) is 5.91 Å². The number of aromatic nitrogens is 6. The maximum atomic E-state index is 12.8. The van der Waals surface area contributed by atoms with E-state index >= 15 is 0 Å². The van der Waals surface area contributed by atoms with E-state index < -0.39 is 0 Å². The van der Waals surface area contributed by atoms with E-state index in [0.717, 1.165) is 34.4 Å². The van der Waals surface area contributed by atoms with Gasteiger partial charge in [-0.15, -0.1) is 0 Å². The van der Waals surface area contributed by atoms with Crippen molar-refractivity contribution in [3.05, 3.63) is 72.8 Å². The molecule has 31 heavy (non-hydrogen) atoms. The van der Waals surface area contributed by atoms with E-state index in [2.05, 4.69) is 44.2 Å². The first-order valence-electron chi connectivity index (χ1n) is 10.1. The van der Waals surface area contributed by atoms with E-state index in [1.807, 2.05) is 30.7 Å². The fraction of sp³-hybridized carbons (Fsp3) is 0.174. The highest BCUT2D eigenvalue weighted by Gasteiger charge is 2.16. The first-order valence-corrected chi connectivity index (χ1v) is 10.1. The summed E-state index contributed by atoms with van der Waals surface area (Å²) in [4.78, 5) is 29.3. The molecule has 0 bridgehead atoms. The third-order valence-electron chi connectivity index (χ3n) is 5.07. The minimum Gasteiger partial charge on any atom is -0.345 e. The average Bonchev–Trinajstić information content (AvgIpc) is 3.37. The minimum absolute atomic E-state index is 0.235. The third kappa shape index (κ3) is 3.63. The van der Waals surface area contributed by atoms with Crippen molar-refractivity contribution in [1.29, 1.82) is 0 Å². The van der Waals surface area contributed by atoms with Crippen molar-refractivity contribution in [2.45, 2.75) is 20.3 Å². The van der Waals surface area contributed by atoms with Crippen LogP contribution in [0.1, 0.15) is 30.0 Å². The normalized spacial score (nSPS) is 11.5. The molecule has 0 radical (unpaired) electrons. The quantitative estimate of drug-likeness (QED) is 0.453. The highest BCUT2D eigenvalue weighted by molar-refractivity contribution is 6.09. The Hall–Kier alpha value is -4.07. The number of amides is 1. The third-order valence-corrected chi connectivity index (χ3v) is 5.07. The lowest BCUT2D eigenvalue weighted by Gasteiger charge is -2.05. The number of H-pyrrole nitrogens is 1. The number of hydrogen-bond acceptors (Lipinski definition) is 5. The molecule has 5 heterocycles. The zero-order valence-electron chi connectivity index (χ0n) is 17.2. The molecule has 1 amide bonds. The van der Waals surface area contributed by atoms with Crippen LogP contribution in [-0.4, -0.2) is 35.5 Å². The molecule has 5 rings (SSSR count). The van der Waals surface area contributed by atoms with Crippen LogP contribution in [0.2, 0.25) is 0 Å². The molecule has 0 saturated carbocycles. The Morgan fingerprint density at radius 1 is 1.23 bits per heavy atom. The predicted molar refractivity (Wildman–Crippen MR) is 119 cm³/mol. The van der Waals surface area contributed by atoms with Gasteiger partial charge in [-0.05, 0) is 35.7 Å². The van der Waals surface area contributed by atoms with Gasteiger partial charge in [0.1, 0.15) is 11.5 Å². The second kappa shape index (κ2) is 7.64. The number of pyridine rings is 2. The summed E-state index contributed by atoms with van der Waals surface area (Å²) >= 11 is 0. The van der Waals surface area contributed by atoms with Gasteiger partial charge in [0, 0.05) is 42.2 Å². The Kier molecular flexibility index (Phi) is 4.66. The molecule has 0 fully saturated rings. The number of carbonyl (C=O) groups excluding carboxylic acids is 1. The zero-order chi connectivity index (χ0) is 21.4. The molecule has 0 spiro atoms. The van der Waals surface area contributed by atoms with Crippen LogP contribution in [0.5, 0.6) is 0 Å². The molecule has 8 nitrogen and oxygen atoms in total. The van der Waals surface area contributed by atoms with Crippen molar-refractivity contribution >= 4 is 28.1 Å². The van der Waals surface area contributed by atoms with Crippen LogP contribution in [-0.2, 0) is 6.42 Å². The number of rotatable bonds is 5. The van der Waals surface area contributed by atoms with E-state index in [1.165, 1.54) is 0 Å². The lowest BCUT2D eigenvalue weighted by molar-refractivity contribution is 0.102. The second-order valence-electron chi connectivity index (χ2n) is 7.85. The standard InChI is InChI=1S/C23H21N7O/c1-14(2)8-21-25-12-18-17(11-26-22(18)29-21)15-5-7-30-20(9-15)19(13-27-30)23(31)28-16-4-3-6-24-10-16/h3-7,9-14H,8H2,1-2H3,(H,28,31)(H,25,26,29). The molecule has 0 aliphatic rings. The molecule has 0 unspecified atom stereocenters. The number of nitrogens with zero attached hydrogens (tertiary/aromatic N) is 5. The molecule has 154 valence electrons. The van der Waals surface area contributed by atoms with E-state index in [4.69, 9.17) is 0 Å². The molecule has 0 saturated heterocycles. The fourth-order valence-electron chi connectivity index (χ4n) is 3.60. The summed E-state index contributed by atoms with van der Waals surface area (Å²) in [6, 6.07) is 7.49. The molecule has 0 aliphatic carbocycles. The largest absolute Gasteiger partial charge is 0.345 e. The number of fused-ring (bicyclic) bond motifs is 2. The van der Waals surface area contributed by atoms with Crippen LogP contribution in [0.25, 0.3) is 27.7 Å². The molecule has 0 aromatic carbocycles. The highest BCUT2D eigenvalue weighted by Crippen LogP contribution is 2.29. The summed E-state index contributed by atoms with van der Waals surface area (Å²) < 4.78 is 1.69. The summed E-state index contributed by atoms with van der Waals surface area (Å²) in [5.74, 6) is 1.09. The van der Waals surface area contributed by atoms with E-state index in [1.54, 1.807) is 35.2 Å². The van der Waals surface area contributed by atoms with Gasteiger partial charge in [-0.1, -0.05) is 13.8 Å². The molecule has 0 atom stereocenters. The fourth-order valence-corrected chi connectivity index (χ4v) is 3.60. The van der Waals surface area contributed by atoms with Crippen molar-refractivity contribution in [2.24, 2.45) is 5.92 Å². The molecule has 2 N–H and O–H groups in total. The van der Waals surface area contributed by atoms with Gasteiger partial charge in [-0.2, -0.15) is 5.10 Å². The number of anilines is 1. The Bertz CT molecular complexity index is 1390. The summed E-state index contributed by atoms with van der Waals surface area (Å²) in [6.45, 7) is 4.30. The average molecular weight is 411 g/mol. The predicted octanol–water partition coefficient (Wildman–Crippen LogP) is 4.12. The zero-order valence-corrected chi connectivity index (χ0v) is 17.2. The van der Waals surface area contributed by atoms with Crippen molar-refractivity contribution in [1.82, 2.24) is 29.5 Å². The monoisotopic (exact) mass is 411 g/mol. The number of nitrogens with one attached hydrogen (secondary N) is 2. The van der Waals surface area contributed by atoms with Crippen molar-refractivity contribution in [3.8, 4) is 11.1 Å². The van der Waals surface area contributed by atoms with Gasteiger partial charge in [-0.3, -0.25) is 9.78 Å². The number of aromatic amines is 1. The SMILES string of the molecule is CC(C)Cc1ncc2c(-c3ccn4ncc(C(=O)Nc5cccnc5)c4c3)c[nH]c2n1. The van der Waals surface area contributed by atoms with E-state index in [9.17, 15) is 4.79 Å². The highest BCUT2D eigenvalue weighted by atomic mass is 16.1. The summed E-state index contributed by atoms with van der Waals surface area (Å²) in [6.07, 6.45) is 11.3. The molecule has 8 heteroatoms. The Labute approximate surface area is 178 Å². The number of hydrogen-bond donors (Lipinski definition) is 2. The Morgan fingerprint density at radius 2 is 2.13 bits per heavy atom. The van der Waals surface area contributed by atoms with Gasteiger partial charge in [-0.25, -0.2) is 14.5 Å². The first-order chi connectivity index (χ1) is 15.1. The van der Waals surface area contributed by atoms with Crippen LogP contribution >= 0.6 is 0 Å². The van der Waals surface area contributed by atoms with Gasteiger partial charge in [0.05, 0.1) is 29.2 Å². The van der Waals surface area contributed by atoms with Crippen LogP contribution in [0.3, 0.4) is 0 Å². The number of carbonyl (C=O) groups is 1. The smallest absolute Gasteiger partial charge is 0.259 e. The maximum absolute atomic E-state index is 12.8. The lowest BCUT2D eigenvalue weighted by atomic mass is 10.1. The molecule has 5 aromatic heterocycles. The lowest BCUT2D eigenvalue weighted by Crippen LogP contribution is -2.11. The van der Waals surface area contributed by atoms with Crippen LogP contribution in [0.15, 0.2) is 61.4 Å². The molecular formula is C23H21N7O.